The second kappa shape index (κ2) is 4.28. The third kappa shape index (κ3) is 2.35. The Morgan fingerprint density at radius 3 is 2.47 bits per heavy atom. The van der Waals surface area contributed by atoms with E-state index in [1.54, 1.807) is 6.07 Å². The van der Waals surface area contributed by atoms with Crippen LogP contribution in [0.4, 0.5) is 0 Å². The van der Waals surface area contributed by atoms with Crippen LogP contribution in [0.2, 0.25) is 0 Å². The maximum atomic E-state index is 10.8. The normalized spacial score (nSPS) is 10.3. The van der Waals surface area contributed by atoms with Crippen LogP contribution in [0, 0.1) is 0 Å². The summed E-state index contributed by atoms with van der Waals surface area (Å²) >= 11 is 6.80. The van der Waals surface area contributed by atoms with E-state index in [2.05, 4.69) is 42.1 Å². The summed E-state index contributed by atoms with van der Waals surface area (Å²) in [6.07, 6.45) is 0. The topological polar surface area (TPSA) is 45.8 Å². The summed E-state index contributed by atoms with van der Waals surface area (Å²) in [7, 11) is 0. The molecule has 0 unspecified atom stereocenters. The van der Waals surface area contributed by atoms with Gasteiger partial charge in [0.1, 0.15) is 0 Å². The van der Waals surface area contributed by atoms with Gasteiger partial charge in [-0.1, -0.05) is 6.07 Å². The molecular formula is C10H6Br2N2O. The Morgan fingerprint density at radius 2 is 1.87 bits per heavy atom. The number of hydrogen-bond acceptors (Lipinski definition) is 2. The van der Waals surface area contributed by atoms with Crippen molar-refractivity contribution >= 4 is 31.9 Å². The molecule has 0 atom stereocenters. The van der Waals surface area contributed by atoms with Crippen LogP contribution in [0.3, 0.4) is 0 Å². The van der Waals surface area contributed by atoms with Crippen LogP contribution >= 0.6 is 31.9 Å². The highest BCUT2D eigenvalue weighted by atomic mass is 79.9. The Labute approximate surface area is 103 Å². The number of nitrogens with one attached hydrogen (secondary N) is 1. The first-order valence-corrected chi connectivity index (χ1v) is 5.76. The van der Waals surface area contributed by atoms with Crippen molar-refractivity contribution in [2.75, 3.05) is 0 Å². The van der Waals surface area contributed by atoms with Gasteiger partial charge in [0.05, 0.1) is 5.69 Å². The Hall–Kier alpha value is -0.940. The van der Waals surface area contributed by atoms with Gasteiger partial charge in [-0.3, -0.25) is 4.79 Å². The molecule has 0 aliphatic carbocycles. The number of aromatic nitrogens is 2. The summed E-state index contributed by atoms with van der Waals surface area (Å²) in [5, 5.41) is 6.35. The van der Waals surface area contributed by atoms with Crippen LogP contribution in [-0.2, 0) is 0 Å². The molecule has 2 rings (SSSR count). The van der Waals surface area contributed by atoms with Gasteiger partial charge in [0, 0.05) is 20.6 Å². The lowest BCUT2D eigenvalue weighted by molar-refractivity contribution is 0.995. The van der Waals surface area contributed by atoms with E-state index in [1.807, 2.05) is 18.2 Å². The number of nitrogens with zero attached hydrogens (tertiary/aromatic N) is 1. The molecule has 0 saturated heterocycles. The highest BCUT2D eigenvalue weighted by Gasteiger charge is 2.02. The van der Waals surface area contributed by atoms with Crippen LogP contribution in [-0.4, -0.2) is 10.2 Å². The SMILES string of the molecule is O=c1ccc(-c2ccc(Br)c(Br)c2)n[nH]1. The molecule has 0 aliphatic rings. The zero-order valence-corrected chi connectivity index (χ0v) is 10.7. The predicted molar refractivity (Wildman–Crippen MR) is 65.7 cm³/mol. The van der Waals surface area contributed by atoms with Gasteiger partial charge in [0.2, 0.25) is 0 Å². The van der Waals surface area contributed by atoms with E-state index < -0.39 is 0 Å². The molecule has 0 radical (unpaired) electrons. The molecule has 0 spiro atoms. The average molecular weight is 330 g/mol. The van der Waals surface area contributed by atoms with Crippen molar-refractivity contribution in [2.24, 2.45) is 0 Å². The molecule has 15 heavy (non-hydrogen) atoms. The minimum atomic E-state index is -0.199. The first kappa shape index (κ1) is 10.6. The molecule has 1 aromatic carbocycles. The van der Waals surface area contributed by atoms with E-state index in [9.17, 15) is 4.79 Å². The van der Waals surface area contributed by atoms with Crippen LogP contribution in [0.15, 0.2) is 44.1 Å². The van der Waals surface area contributed by atoms with Crippen molar-refractivity contribution in [1.29, 1.82) is 0 Å². The zero-order valence-electron chi connectivity index (χ0n) is 7.50. The van der Waals surface area contributed by atoms with Crippen LogP contribution in [0.1, 0.15) is 0 Å². The van der Waals surface area contributed by atoms with E-state index >= 15 is 0 Å². The lowest BCUT2D eigenvalue weighted by Crippen LogP contribution is -2.05. The molecule has 2 aromatic rings. The van der Waals surface area contributed by atoms with Crippen molar-refractivity contribution in [3.63, 3.8) is 0 Å². The molecule has 5 heteroatoms. The highest BCUT2D eigenvalue weighted by Crippen LogP contribution is 2.27. The van der Waals surface area contributed by atoms with Gasteiger partial charge < -0.3 is 0 Å². The number of benzene rings is 1. The van der Waals surface area contributed by atoms with Crippen LogP contribution < -0.4 is 5.56 Å². The Balaban J connectivity index is 2.50. The summed E-state index contributed by atoms with van der Waals surface area (Å²) in [4.78, 5) is 10.8. The molecule has 1 N–H and O–H groups in total. The van der Waals surface area contributed by atoms with Gasteiger partial charge in [-0.15, -0.1) is 0 Å². The lowest BCUT2D eigenvalue weighted by atomic mass is 10.1. The van der Waals surface area contributed by atoms with Crippen LogP contribution in [0.25, 0.3) is 11.3 Å². The molecule has 1 aromatic heterocycles. The minimum Gasteiger partial charge on any atom is -0.268 e. The summed E-state index contributed by atoms with van der Waals surface area (Å²) in [5.41, 5.74) is 1.49. The second-order valence-electron chi connectivity index (χ2n) is 2.94. The average Bonchev–Trinajstić information content (AvgIpc) is 2.23. The summed E-state index contributed by atoms with van der Waals surface area (Å²) in [6, 6.07) is 8.93. The van der Waals surface area contributed by atoms with Gasteiger partial charge in [0.15, 0.2) is 0 Å². The molecule has 0 bridgehead atoms. The number of halogens is 2. The Kier molecular flexibility index (Phi) is 3.02. The second-order valence-corrected chi connectivity index (χ2v) is 4.64. The van der Waals surface area contributed by atoms with E-state index in [-0.39, 0.29) is 5.56 Å². The fraction of sp³-hybridized carbons (Fsp3) is 0. The first-order chi connectivity index (χ1) is 7.16. The van der Waals surface area contributed by atoms with Crippen molar-refractivity contribution in [2.45, 2.75) is 0 Å². The molecular weight excluding hydrogens is 324 g/mol. The lowest BCUT2D eigenvalue weighted by Gasteiger charge is -2.01. The molecule has 1 heterocycles. The number of hydrogen-bond donors (Lipinski definition) is 1. The molecule has 3 nitrogen and oxygen atoms in total. The third-order valence-corrected chi connectivity index (χ3v) is 3.77. The number of rotatable bonds is 1. The zero-order chi connectivity index (χ0) is 10.8. The van der Waals surface area contributed by atoms with Crippen molar-refractivity contribution in [3.8, 4) is 11.3 Å². The molecule has 0 fully saturated rings. The fourth-order valence-corrected chi connectivity index (χ4v) is 1.79. The van der Waals surface area contributed by atoms with E-state index in [1.165, 1.54) is 6.07 Å². The van der Waals surface area contributed by atoms with Gasteiger partial charge >= 0.3 is 0 Å². The van der Waals surface area contributed by atoms with Gasteiger partial charge in [-0.2, -0.15) is 5.10 Å². The quantitative estimate of drug-likeness (QED) is 0.874. The van der Waals surface area contributed by atoms with Crippen LogP contribution in [0.5, 0.6) is 0 Å². The van der Waals surface area contributed by atoms with Gasteiger partial charge in [-0.05, 0) is 50.1 Å². The summed E-state index contributed by atoms with van der Waals surface area (Å²) in [5.74, 6) is 0. The highest BCUT2D eigenvalue weighted by molar-refractivity contribution is 9.13. The molecule has 0 amide bonds. The van der Waals surface area contributed by atoms with Crippen molar-refractivity contribution < 1.29 is 0 Å². The molecule has 0 saturated carbocycles. The van der Waals surface area contributed by atoms with E-state index in [0.717, 1.165) is 20.2 Å². The van der Waals surface area contributed by atoms with Gasteiger partial charge in [0.25, 0.3) is 5.56 Å². The van der Waals surface area contributed by atoms with E-state index in [4.69, 9.17) is 0 Å². The third-order valence-electron chi connectivity index (χ3n) is 1.89. The van der Waals surface area contributed by atoms with Crippen molar-refractivity contribution in [1.82, 2.24) is 10.2 Å². The van der Waals surface area contributed by atoms with Crippen molar-refractivity contribution in [3.05, 3.63) is 49.6 Å². The predicted octanol–water partition coefficient (Wildman–Crippen LogP) is 2.96. The molecule has 76 valence electrons. The smallest absolute Gasteiger partial charge is 0.264 e. The first-order valence-electron chi connectivity index (χ1n) is 4.18. The Morgan fingerprint density at radius 1 is 1.07 bits per heavy atom. The summed E-state index contributed by atoms with van der Waals surface area (Å²) in [6.45, 7) is 0. The molecule has 0 aliphatic heterocycles. The largest absolute Gasteiger partial charge is 0.268 e. The number of aromatic amines is 1. The van der Waals surface area contributed by atoms with E-state index in [0.29, 0.717) is 0 Å². The summed E-state index contributed by atoms with van der Waals surface area (Å²) < 4.78 is 1.93. The number of H-pyrrole nitrogens is 1. The minimum absolute atomic E-state index is 0.199. The fourth-order valence-electron chi connectivity index (χ4n) is 1.16. The monoisotopic (exact) mass is 328 g/mol. The van der Waals surface area contributed by atoms with Gasteiger partial charge in [-0.25, -0.2) is 5.10 Å². The standard InChI is InChI=1S/C10H6Br2N2O/c11-7-2-1-6(5-8(7)12)9-3-4-10(15)14-13-9/h1-5H,(H,14,15). The maximum Gasteiger partial charge on any atom is 0.264 e. The maximum absolute atomic E-state index is 10.8. The Bertz CT molecular complexity index is 531.